The molecule has 2 rings (SSSR count). The van der Waals surface area contributed by atoms with Crippen LogP contribution in [0.25, 0.3) is 0 Å². The van der Waals surface area contributed by atoms with Crippen molar-refractivity contribution < 1.29 is 14.3 Å². The van der Waals surface area contributed by atoms with Crippen LogP contribution in [0.1, 0.15) is 11.1 Å². The lowest BCUT2D eigenvalue weighted by molar-refractivity contribution is -0.115. The number of halogens is 1. The Hall–Kier alpha value is -1.76. The quantitative estimate of drug-likeness (QED) is 0.762. The number of nitrogens with one attached hydrogen (secondary N) is 1. The highest BCUT2D eigenvalue weighted by Crippen LogP contribution is 2.30. The van der Waals surface area contributed by atoms with Crippen LogP contribution in [0.2, 0.25) is 0 Å². The van der Waals surface area contributed by atoms with Gasteiger partial charge in [-0.25, -0.2) is 0 Å². The summed E-state index contributed by atoms with van der Waals surface area (Å²) in [4.78, 5) is 12.2. The molecule has 0 unspecified atom stereocenters. The monoisotopic (exact) mass is 411 g/mol. The third-order valence-corrected chi connectivity index (χ3v) is 4.04. The Morgan fingerprint density at radius 2 is 1.68 bits per heavy atom. The molecule has 0 radical (unpaired) electrons. The van der Waals surface area contributed by atoms with Gasteiger partial charge in [0.2, 0.25) is 5.91 Å². The Morgan fingerprint density at radius 3 is 2.27 bits per heavy atom. The maximum absolute atomic E-state index is 12.2. The zero-order valence-electron chi connectivity index (χ0n) is 12.8. The van der Waals surface area contributed by atoms with Gasteiger partial charge in [-0.1, -0.05) is 0 Å². The number of rotatable bonds is 5. The number of hydrogen-bond donors (Lipinski definition) is 1. The molecular weight excluding hydrogens is 393 g/mol. The van der Waals surface area contributed by atoms with Gasteiger partial charge in [0.15, 0.2) is 11.5 Å². The molecule has 0 heterocycles. The van der Waals surface area contributed by atoms with E-state index in [1.165, 1.54) is 0 Å². The normalized spacial score (nSPS) is 10.2. The molecule has 0 aliphatic rings. The summed E-state index contributed by atoms with van der Waals surface area (Å²) >= 11 is 2.23. The molecule has 0 bridgehead atoms. The van der Waals surface area contributed by atoms with E-state index in [0.29, 0.717) is 11.5 Å². The summed E-state index contributed by atoms with van der Waals surface area (Å²) in [5, 5.41) is 2.90. The number of aryl methyl sites for hydroxylation is 1. The molecule has 0 aliphatic heterocycles. The van der Waals surface area contributed by atoms with E-state index in [2.05, 4.69) is 27.9 Å². The van der Waals surface area contributed by atoms with Crippen LogP contribution in [-0.4, -0.2) is 20.1 Å². The number of ether oxygens (including phenoxy) is 2. The Kier molecular flexibility index (Phi) is 5.65. The van der Waals surface area contributed by atoms with Crippen molar-refractivity contribution >= 4 is 34.2 Å². The maximum Gasteiger partial charge on any atom is 0.228 e. The number of hydrogen-bond acceptors (Lipinski definition) is 3. The molecule has 4 nitrogen and oxygen atoms in total. The van der Waals surface area contributed by atoms with E-state index in [1.807, 2.05) is 43.3 Å². The average molecular weight is 411 g/mol. The smallest absolute Gasteiger partial charge is 0.228 e. The zero-order chi connectivity index (χ0) is 16.1. The van der Waals surface area contributed by atoms with E-state index < -0.39 is 0 Å². The number of carbonyl (C=O) groups is 1. The second-order valence-corrected chi connectivity index (χ2v) is 6.11. The molecule has 0 saturated heterocycles. The topological polar surface area (TPSA) is 47.6 Å². The summed E-state index contributed by atoms with van der Waals surface area (Å²) in [6, 6.07) is 11.4. The third-order valence-electron chi connectivity index (χ3n) is 3.32. The Bertz CT molecular complexity index is 668. The molecule has 0 aliphatic carbocycles. The lowest BCUT2D eigenvalue weighted by atomic mass is 10.0. The van der Waals surface area contributed by atoms with Gasteiger partial charge in [0.25, 0.3) is 0 Å². The van der Waals surface area contributed by atoms with Gasteiger partial charge < -0.3 is 14.8 Å². The van der Waals surface area contributed by atoms with E-state index >= 15 is 0 Å². The fraction of sp³-hybridized carbons (Fsp3) is 0.235. The van der Waals surface area contributed by atoms with E-state index in [4.69, 9.17) is 9.47 Å². The average Bonchev–Trinajstić information content (AvgIpc) is 2.51. The molecule has 0 spiro atoms. The van der Waals surface area contributed by atoms with Gasteiger partial charge in [-0.3, -0.25) is 4.79 Å². The van der Waals surface area contributed by atoms with Crippen LogP contribution in [0.4, 0.5) is 5.69 Å². The lowest BCUT2D eigenvalue weighted by Crippen LogP contribution is -2.15. The van der Waals surface area contributed by atoms with Gasteiger partial charge in [-0.05, 0) is 77.0 Å². The molecule has 2 aromatic carbocycles. The van der Waals surface area contributed by atoms with Crippen molar-refractivity contribution in [3.8, 4) is 11.5 Å². The van der Waals surface area contributed by atoms with E-state index in [9.17, 15) is 4.79 Å². The first-order chi connectivity index (χ1) is 10.5. The van der Waals surface area contributed by atoms with Crippen LogP contribution >= 0.6 is 22.6 Å². The number of anilines is 1. The van der Waals surface area contributed by atoms with Crippen molar-refractivity contribution in [2.24, 2.45) is 0 Å². The molecule has 1 amide bonds. The van der Waals surface area contributed by atoms with Gasteiger partial charge in [0, 0.05) is 9.26 Å². The van der Waals surface area contributed by atoms with Crippen LogP contribution in [0.5, 0.6) is 11.5 Å². The summed E-state index contributed by atoms with van der Waals surface area (Å²) in [5.74, 6) is 1.24. The largest absolute Gasteiger partial charge is 0.493 e. The fourth-order valence-electron chi connectivity index (χ4n) is 2.12. The molecule has 0 fully saturated rings. The molecule has 1 N–H and O–H groups in total. The molecule has 22 heavy (non-hydrogen) atoms. The number of carbonyl (C=O) groups excluding carboxylic acids is 1. The molecule has 0 saturated carbocycles. The van der Waals surface area contributed by atoms with Gasteiger partial charge in [-0.15, -0.1) is 0 Å². The standard InChI is InChI=1S/C17H18INO3/c1-11-8-15(21-2)16(22-3)9-12(11)10-17(20)19-14-6-4-13(18)5-7-14/h4-9H,10H2,1-3H3,(H,19,20). The van der Waals surface area contributed by atoms with Crippen molar-refractivity contribution in [2.75, 3.05) is 19.5 Å². The molecular formula is C17H18INO3. The summed E-state index contributed by atoms with van der Waals surface area (Å²) in [7, 11) is 3.18. The van der Waals surface area contributed by atoms with Crippen molar-refractivity contribution in [3.05, 3.63) is 51.1 Å². The fourth-order valence-corrected chi connectivity index (χ4v) is 2.48. The lowest BCUT2D eigenvalue weighted by Gasteiger charge is -2.13. The van der Waals surface area contributed by atoms with Crippen LogP contribution in [-0.2, 0) is 11.2 Å². The van der Waals surface area contributed by atoms with Crippen LogP contribution in [0, 0.1) is 10.5 Å². The Balaban J connectivity index is 2.12. The van der Waals surface area contributed by atoms with Crippen LogP contribution in [0.15, 0.2) is 36.4 Å². The van der Waals surface area contributed by atoms with E-state index in [0.717, 1.165) is 20.4 Å². The van der Waals surface area contributed by atoms with Crippen LogP contribution in [0.3, 0.4) is 0 Å². The number of methoxy groups -OCH3 is 2. The Labute approximate surface area is 144 Å². The third kappa shape index (κ3) is 4.13. The minimum Gasteiger partial charge on any atom is -0.493 e. The summed E-state index contributed by atoms with van der Waals surface area (Å²) < 4.78 is 11.7. The Morgan fingerprint density at radius 1 is 1.09 bits per heavy atom. The summed E-state index contributed by atoms with van der Waals surface area (Å²) in [6.45, 7) is 1.95. The molecule has 5 heteroatoms. The summed E-state index contributed by atoms with van der Waals surface area (Å²) in [5.41, 5.74) is 2.71. The number of amides is 1. The van der Waals surface area contributed by atoms with Crippen molar-refractivity contribution in [2.45, 2.75) is 13.3 Å². The second-order valence-electron chi connectivity index (χ2n) is 4.87. The second kappa shape index (κ2) is 7.49. The highest BCUT2D eigenvalue weighted by Gasteiger charge is 2.12. The molecule has 0 aromatic heterocycles. The highest BCUT2D eigenvalue weighted by atomic mass is 127. The van der Waals surface area contributed by atoms with E-state index in [1.54, 1.807) is 14.2 Å². The van der Waals surface area contributed by atoms with Crippen molar-refractivity contribution in [1.82, 2.24) is 0 Å². The van der Waals surface area contributed by atoms with Crippen molar-refractivity contribution in [3.63, 3.8) is 0 Å². The van der Waals surface area contributed by atoms with Gasteiger partial charge in [0.05, 0.1) is 20.6 Å². The van der Waals surface area contributed by atoms with Gasteiger partial charge >= 0.3 is 0 Å². The van der Waals surface area contributed by atoms with E-state index in [-0.39, 0.29) is 12.3 Å². The van der Waals surface area contributed by atoms with Gasteiger partial charge in [-0.2, -0.15) is 0 Å². The predicted octanol–water partition coefficient (Wildman–Crippen LogP) is 3.80. The predicted molar refractivity (Wildman–Crippen MR) is 95.8 cm³/mol. The first-order valence-corrected chi connectivity index (χ1v) is 7.88. The minimum absolute atomic E-state index is 0.0588. The first-order valence-electron chi connectivity index (χ1n) is 6.80. The zero-order valence-corrected chi connectivity index (χ0v) is 14.9. The van der Waals surface area contributed by atoms with Gasteiger partial charge in [0.1, 0.15) is 0 Å². The van der Waals surface area contributed by atoms with Crippen molar-refractivity contribution in [1.29, 1.82) is 0 Å². The summed E-state index contributed by atoms with van der Waals surface area (Å²) in [6.07, 6.45) is 0.290. The maximum atomic E-state index is 12.2. The molecule has 0 atom stereocenters. The highest BCUT2D eigenvalue weighted by molar-refractivity contribution is 14.1. The minimum atomic E-state index is -0.0588. The number of benzene rings is 2. The molecule has 116 valence electrons. The molecule has 2 aromatic rings. The van der Waals surface area contributed by atoms with Crippen LogP contribution < -0.4 is 14.8 Å². The SMILES string of the molecule is COc1cc(C)c(CC(=O)Nc2ccc(I)cc2)cc1OC. The first kappa shape index (κ1) is 16.6.